The standard InChI is InChI=1S/C20H20N6/c1-12-8-13(2)19(14(3)9-12)25-18-10-17(22)24-20(26-18)23-16-6-4-15(11-21)5-7-16/h4-10H,1-3H3,(H4,22,23,24,25,26). The van der Waals surface area contributed by atoms with Gasteiger partial charge in [-0.15, -0.1) is 0 Å². The van der Waals surface area contributed by atoms with Crippen LogP contribution in [0.1, 0.15) is 22.3 Å². The Balaban J connectivity index is 1.87. The van der Waals surface area contributed by atoms with Gasteiger partial charge in [-0.1, -0.05) is 17.7 Å². The van der Waals surface area contributed by atoms with Crippen molar-refractivity contribution in [2.24, 2.45) is 0 Å². The van der Waals surface area contributed by atoms with Gasteiger partial charge in [0.05, 0.1) is 11.6 Å². The minimum Gasteiger partial charge on any atom is -0.383 e. The molecule has 3 rings (SSSR count). The maximum absolute atomic E-state index is 8.87. The molecule has 0 saturated carbocycles. The van der Waals surface area contributed by atoms with Crippen LogP contribution in [-0.2, 0) is 0 Å². The van der Waals surface area contributed by atoms with Gasteiger partial charge in [0.2, 0.25) is 5.95 Å². The normalized spacial score (nSPS) is 10.2. The van der Waals surface area contributed by atoms with Crippen LogP contribution in [0.5, 0.6) is 0 Å². The van der Waals surface area contributed by atoms with Gasteiger partial charge >= 0.3 is 0 Å². The maximum atomic E-state index is 8.87. The van der Waals surface area contributed by atoms with Crippen LogP contribution in [0, 0.1) is 32.1 Å². The smallest absolute Gasteiger partial charge is 0.231 e. The molecule has 2 aromatic carbocycles. The number of nitriles is 1. The lowest BCUT2D eigenvalue weighted by Gasteiger charge is -2.14. The van der Waals surface area contributed by atoms with Crippen molar-refractivity contribution in [2.75, 3.05) is 16.4 Å². The van der Waals surface area contributed by atoms with E-state index in [2.05, 4.69) is 59.6 Å². The third kappa shape index (κ3) is 3.90. The summed E-state index contributed by atoms with van der Waals surface area (Å²) in [5.41, 5.74) is 11.8. The lowest BCUT2D eigenvalue weighted by Crippen LogP contribution is -2.05. The molecule has 0 radical (unpaired) electrons. The van der Waals surface area contributed by atoms with Crippen molar-refractivity contribution >= 4 is 29.0 Å². The first-order valence-corrected chi connectivity index (χ1v) is 8.21. The molecule has 0 aliphatic rings. The summed E-state index contributed by atoms with van der Waals surface area (Å²) in [4.78, 5) is 8.72. The summed E-state index contributed by atoms with van der Waals surface area (Å²) < 4.78 is 0. The predicted molar refractivity (Wildman–Crippen MR) is 105 cm³/mol. The number of nitrogens with one attached hydrogen (secondary N) is 2. The van der Waals surface area contributed by atoms with Crippen LogP contribution in [0.2, 0.25) is 0 Å². The molecule has 130 valence electrons. The summed E-state index contributed by atoms with van der Waals surface area (Å²) in [7, 11) is 0. The molecule has 0 unspecified atom stereocenters. The van der Waals surface area contributed by atoms with Crippen molar-refractivity contribution in [1.29, 1.82) is 5.26 Å². The molecule has 0 amide bonds. The second-order valence-corrected chi connectivity index (χ2v) is 6.21. The fourth-order valence-corrected chi connectivity index (χ4v) is 2.85. The van der Waals surface area contributed by atoms with Gasteiger partial charge in [0.1, 0.15) is 11.6 Å². The van der Waals surface area contributed by atoms with Crippen molar-refractivity contribution in [2.45, 2.75) is 20.8 Å². The first-order chi connectivity index (χ1) is 12.4. The van der Waals surface area contributed by atoms with Crippen molar-refractivity contribution in [3.8, 4) is 6.07 Å². The number of hydrogen-bond acceptors (Lipinski definition) is 6. The average molecular weight is 344 g/mol. The Morgan fingerprint density at radius 3 is 2.19 bits per heavy atom. The van der Waals surface area contributed by atoms with E-state index in [-0.39, 0.29) is 0 Å². The van der Waals surface area contributed by atoms with Crippen LogP contribution in [0.3, 0.4) is 0 Å². The number of benzene rings is 2. The molecule has 6 heteroatoms. The first-order valence-electron chi connectivity index (χ1n) is 8.21. The second-order valence-electron chi connectivity index (χ2n) is 6.21. The second kappa shape index (κ2) is 7.11. The molecule has 3 aromatic rings. The fourth-order valence-electron chi connectivity index (χ4n) is 2.85. The van der Waals surface area contributed by atoms with Gasteiger partial charge in [-0.2, -0.15) is 15.2 Å². The van der Waals surface area contributed by atoms with E-state index in [1.165, 1.54) is 5.56 Å². The van der Waals surface area contributed by atoms with Gasteiger partial charge in [0.25, 0.3) is 0 Å². The van der Waals surface area contributed by atoms with E-state index in [0.717, 1.165) is 22.5 Å². The van der Waals surface area contributed by atoms with Gasteiger partial charge in [-0.3, -0.25) is 0 Å². The zero-order valence-electron chi connectivity index (χ0n) is 15.0. The molecule has 0 saturated heterocycles. The Hall–Kier alpha value is -3.59. The molecule has 6 nitrogen and oxygen atoms in total. The SMILES string of the molecule is Cc1cc(C)c(Nc2cc(N)nc(Nc3ccc(C#N)cc3)n2)c(C)c1. The van der Waals surface area contributed by atoms with Crippen LogP contribution in [0.25, 0.3) is 0 Å². The number of aryl methyl sites for hydroxylation is 3. The van der Waals surface area contributed by atoms with Crippen molar-refractivity contribution in [3.63, 3.8) is 0 Å². The Labute approximate surface area is 152 Å². The molecule has 0 aliphatic carbocycles. The number of nitrogen functional groups attached to an aromatic ring is 1. The monoisotopic (exact) mass is 344 g/mol. The summed E-state index contributed by atoms with van der Waals surface area (Å²) in [6.07, 6.45) is 0. The number of anilines is 5. The molecule has 26 heavy (non-hydrogen) atoms. The topological polar surface area (TPSA) is 99.6 Å². The van der Waals surface area contributed by atoms with E-state index in [4.69, 9.17) is 11.0 Å². The fraction of sp³-hybridized carbons (Fsp3) is 0.150. The molecule has 0 fully saturated rings. The largest absolute Gasteiger partial charge is 0.383 e. The third-order valence-electron chi connectivity index (χ3n) is 3.95. The minimum atomic E-state index is 0.362. The van der Waals surface area contributed by atoms with Gasteiger partial charge in [-0.05, 0) is 56.2 Å². The highest BCUT2D eigenvalue weighted by atomic mass is 15.2. The quantitative estimate of drug-likeness (QED) is 0.651. The van der Waals surface area contributed by atoms with Crippen LogP contribution in [-0.4, -0.2) is 9.97 Å². The lowest BCUT2D eigenvalue weighted by atomic mass is 10.1. The summed E-state index contributed by atoms with van der Waals surface area (Å²) >= 11 is 0. The highest BCUT2D eigenvalue weighted by Gasteiger charge is 2.08. The Bertz CT molecular complexity index is 963. The first kappa shape index (κ1) is 17.2. The van der Waals surface area contributed by atoms with E-state index in [1.54, 1.807) is 30.3 Å². The Morgan fingerprint density at radius 1 is 0.923 bits per heavy atom. The number of rotatable bonds is 4. The van der Waals surface area contributed by atoms with Crippen molar-refractivity contribution in [3.05, 3.63) is 64.7 Å². The Morgan fingerprint density at radius 2 is 1.58 bits per heavy atom. The molecule has 4 N–H and O–H groups in total. The van der Waals surface area contributed by atoms with Crippen molar-refractivity contribution in [1.82, 2.24) is 9.97 Å². The van der Waals surface area contributed by atoms with Gasteiger partial charge in [0.15, 0.2) is 0 Å². The minimum absolute atomic E-state index is 0.362. The van der Waals surface area contributed by atoms with Gasteiger partial charge < -0.3 is 16.4 Å². The number of aromatic nitrogens is 2. The van der Waals surface area contributed by atoms with E-state index >= 15 is 0 Å². The third-order valence-corrected chi connectivity index (χ3v) is 3.95. The van der Waals surface area contributed by atoms with Crippen molar-refractivity contribution < 1.29 is 0 Å². The number of nitrogens with zero attached hydrogens (tertiary/aromatic N) is 3. The summed E-state index contributed by atoms with van der Waals surface area (Å²) in [6.45, 7) is 6.19. The van der Waals surface area contributed by atoms with Crippen LogP contribution in [0.15, 0.2) is 42.5 Å². The molecule has 1 aromatic heterocycles. The molecular formula is C20H20N6. The number of hydrogen-bond donors (Lipinski definition) is 3. The van der Waals surface area contributed by atoms with Crippen LogP contribution in [0.4, 0.5) is 29.0 Å². The average Bonchev–Trinajstić information content (AvgIpc) is 2.58. The maximum Gasteiger partial charge on any atom is 0.231 e. The van der Waals surface area contributed by atoms with Crippen LogP contribution < -0.4 is 16.4 Å². The highest BCUT2D eigenvalue weighted by Crippen LogP contribution is 2.26. The molecule has 0 aliphatic heterocycles. The Kier molecular flexibility index (Phi) is 4.72. The molecular weight excluding hydrogens is 324 g/mol. The highest BCUT2D eigenvalue weighted by molar-refractivity contribution is 5.68. The van der Waals surface area contributed by atoms with E-state index in [9.17, 15) is 0 Å². The lowest BCUT2D eigenvalue weighted by molar-refractivity contribution is 1.17. The van der Waals surface area contributed by atoms with Gasteiger partial charge in [0, 0.05) is 17.4 Å². The zero-order chi connectivity index (χ0) is 18.7. The van der Waals surface area contributed by atoms with Gasteiger partial charge in [-0.25, -0.2) is 0 Å². The number of nitrogens with two attached hydrogens (primary N) is 1. The summed E-state index contributed by atoms with van der Waals surface area (Å²) in [5, 5.41) is 15.3. The molecule has 0 spiro atoms. The summed E-state index contributed by atoms with van der Waals surface area (Å²) in [5.74, 6) is 1.37. The predicted octanol–water partition coefficient (Wildman–Crippen LogP) is 4.34. The zero-order valence-corrected chi connectivity index (χ0v) is 15.0. The molecule has 0 atom stereocenters. The summed E-state index contributed by atoms with van der Waals surface area (Å²) in [6, 6.07) is 15.1. The van der Waals surface area contributed by atoms with E-state index in [0.29, 0.717) is 23.1 Å². The molecule has 0 bridgehead atoms. The van der Waals surface area contributed by atoms with Crippen LogP contribution >= 0.6 is 0 Å². The van der Waals surface area contributed by atoms with E-state index < -0.39 is 0 Å². The molecule has 1 heterocycles. The van der Waals surface area contributed by atoms with E-state index in [1.807, 2.05) is 0 Å².